The highest BCUT2D eigenvalue weighted by Crippen LogP contribution is 2.59. The van der Waals surface area contributed by atoms with Gasteiger partial charge in [-0.3, -0.25) is 0 Å². The smallest absolute Gasteiger partial charge is 0.127 e. The molecule has 36 heavy (non-hydrogen) atoms. The average molecular weight is 488 g/mol. The van der Waals surface area contributed by atoms with Crippen molar-refractivity contribution in [3.63, 3.8) is 0 Å². The summed E-state index contributed by atoms with van der Waals surface area (Å²) in [4.78, 5) is 11.3. The van der Waals surface area contributed by atoms with Gasteiger partial charge < -0.3 is 29.2 Å². The van der Waals surface area contributed by atoms with E-state index in [4.69, 9.17) is 19.3 Å². The van der Waals surface area contributed by atoms with Crippen molar-refractivity contribution < 1.29 is 29.2 Å². The van der Waals surface area contributed by atoms with E-state index in [2.05, 4.69) is 32.9 Å². The van der Waals surface area contributed by atoms with Crippen LogP contribution in [-0.2, 0) is 11.4 Å². The molecule has 5 rings (SSSR count). The van der Waals surface area contributed by atoms with Crippen LogP contribution in [0, 0.1) is 20.8 Å². The van der Waals surface area contributed by atoms with Crippen LogP contribution in [0.15, 0.2) is 48.5 Å². The van der Waals surface area contributed by atoms with Gasteiger partial charge in [0.15, 0.2) is 0 Å². The van der Waals surface area contributed by atoms with Gasteiger partial charge in [0.25, 0.3) is 0 Å². The van der Waals surface area contributed by atoms with Gasteiger partial charge >= 0.3 is 0 Å². The minimum absolute atomic E-state index is 0.0153. The molecule has 1 N–H and O–H groups in total. The summed E-state index contributed by atoms with van der Waals surface area (Å²) in [7, 11) is 0. The van der Waals surface area contributed by atoms with E-state index in [1.54, 1.807) is 0 Å². The van der Waals surface area contributed by atoms with Gasteiger partial charge in [0, 0.05) is 23.5 Å². The maximum absolute atomic E-state index is 11.3. The molecule has 1 spiro atoms. The number of carboxylic acids is 1. The van der Waals surface area contributed by atoms with Crippen molar-refractivity contribution in [1.82, 2.24) is 0 Å². The van der Waals surface area contributed by atoms with Gasteiger partial charge in [-0.2, -0.15) is 0 Å². The lowest BCUT2D eigenvalue weighted by Gasteiger charge is -2.18. The highest BCUT2D eigenvalue weighted by Gasteiger charge is 2.57. The number of hydrogen-bond donors (Lipinski definition) is 1. The molecule has 0 radical (unpaired) electrons. The number of carbonyl (C=O) groups excluding carboxylic acids is 1. The van der Waals surface area contributed by atoms with E-state index < -0.39 is 5.97 Å². The minimum Gasteiger partial charge on any atom is -0.550 e. The number of carbonyl (C=O) groups is 1. The number of hydrogen-bond acceptors (Lipinski definition) is 6. The Kier molecular flexibility index (Phi) is 6.39. The molecule has 6 nitrogen and oxygen atoms in total. The number of rotatable bonds is 9. The Morgan fingerprint density at radius 1 is 1.06 bits per heavy atom. The Morgan fingerprint density at radius 2 is 1.81 bits per heavy atom. The first-order chi connectivity index (χ1) is 17.3. The standard InChI is InChI=1S/C30H32O6/c1-18-13-23(34-12-11-31)14-19(2)29(18)24-6-4-5-21(20(24)3)17-35-22-7-8-25-26(16-28(32)33)30(9-10-30)36-27(25)15-22/h4-8,13-15,26,31H,9-12,16-17H2,1-3H3,(H,32,33)/p-1. The van der Waals surface area contributed by atoms with E-state index in [9.17, 15) is 9.90 Å². The molecule has 0 amide bonds. The zero-order chi connectivity index (χ0) is 25.4. The minimum atomic E-state index is -1.05. The number of aliphatic hydroxyl groups excluding tert-OH is 1. The first-order valence-electron chi connectivity index (χ1n) is 12.4. The van der Waals surface area contributed by atoms with Gasteiger partial charge in [-0.25, -0.2) is 0 Å². The molecule has 0 aromatic heterocycles. The fourth-order valence-electron chi connectivity index (χ4n) is 5.46. The second-order valence-corrected chi connectivity index (χ2v) is 9.88. The van der Waals surface area contributed by atoms with Gasteiger partial charge in [-0.05, 0) is 91.6 Å². The molecule has 1 heterocycles. The molecule has 1 atom stereocenters. The van der Waals surface area contributed by atoms with E-state index in [0.29, 0.717) is 12.4 Å². The molecule has 1 fully saturated rings. The lowest BCUT2D eigenvalue weighted by molar-refractivity contribution is -0.306. The maximum Gasteiger partial charge on any atom is 0.127 e. The predicted molar refractivity (Wildman–Crippen MR) is 134 cm³/mol. The largest absolute Gasteiger partial charge is 0.550 e. The van der Waals surface area contributed by atoms with Crippen molar-refractivity contribution in [3.05, 3.63) is 76.3 Å². The number of fused-ring (bicyclic) bond motifs is 1. The molecule has 0 saturated heterocycles. The van der Waals surface area contributed by atoms with Gasteiger partial charge in [0.2, 0.25) is 0 Å². The Morgan fingerprint density at radius 3 is 2.47 bits per heavy atom. The summed E-state index contributed by atoms with van der Waals surface area (Å²) in [6, 6.07) is 16.0. The normalized spacial score (nSPS) is 16.9. The second-order valence-electron chi connectivity index (χ2n) is 9.88. The Bertz CT molecular complexity index is 1280. The van der Waals surface area contributed by atoms with Gasteiger partial charge in [-0.1, -0.05) is 24.3 Å². The third-order valence-corrected chi connectivity index (χ3v) is 7.40. The van der Waals surface area contributed by atoms with Crippen LogP contribution in [0.25, 0.3) is 11.1 Å². The number of benzene rings is 3. The zero-order valence-corrected chi connectivity index (χ0v) is 20.9. The molecule has 1 aliphatic carbocycles. The fourth-order valence-corrected chi connectivity index (χ4v) is 5.46. The summed E-state index contributed by atoms with van der Waals surface area (Å²) >= 11 is 0. The summed E-state index contributed by atoms with van der Waals surface area (Å²) in [6.45, 7) is 6.91. The van der Waals surface area contributed by atoms with Crippen LogP contribution in [-0.4, -0.2) is 29.9 Å². The monoisotopic (exact) mass is 487 g/mol. The van der Waals surface area contributed by atoms with Crippen molar-refractivity contribution >= 4 is 5.97 Å². The Balaban J connectivity index is 1.35. The first-order valence-corrected chi connectivity index (χ1v) is 12.4. The van der Waals surface area contributed by atoms with Crippen LogP contribution in [0.3, 0.4) is 0 Å². The third-order valence-electron chi connectivity index (χ3n) is 7.40. The SMILES string of the molecule is Cc1cc(OCCO)cc(C)c1-c1cccc(COc2ccc3c(c2)OC2(CC2)C3CC(=O)[O-])c1C. The molecule has 1 saturated carbocycles. The lowest BCUT2D eigenvalue weighted by atomic mass is 9.90. The van der Waals surface area contributed by atoms with Crippen LogP contribution in [0.5, 0.6) is 17.2 Å². The molecule has 0 bridgehead atoms. The molecule has 1 unspecified atom stereocenters. The number of aliphatic hydroxyl groups is 1. The third kappa shape index (κ3) is 4.53. The van der Waals surface area contributed by atoms with Crippen LogP contribution in [0.2, 0.25) is 0 Å². The summed E-state index contributed by atoms with van der Waals surface area (Å²) in [5, 5.41) is 20.3. The summed E-state index contributed by atoms with van der Waals surface area (Å²) in [5.41, 5.74) is 7.33. The predicted octanol–water partition coefficient (Wildman–Crippen LogP) is 4.38. The fraction of sp³-hybridized carbons (Fsp3) is 0.367. The van der Waals surface area contributed by atoms with Crippen LogP contribution < -0.4 is 19.3 Å². The summed E-state index contributed by atoms with van der Waals surface area (Å²) < 4.78 is 18.0. The molecule has 1 aliphatic heterocycles. The van der Waals surface area contributed by atoms with E-state index in [-0.39, 0.29) is 31.2 Å². The van der Waals surface area contributed by atoms with Crippen molar-refractivity contribution in [1.29, 1.82) is 0 Å². The number of aliphatic carboxylic acids is 1. The van der Waals surface area contributed by atoms with Crippen molar-refractivity contribution in [3.8, 4) is 28.4 Å². The maximum atomic E-state index is 11.3. The molecular weight excluding hydrogens is 456 g/mol. The van der Waals surface area contributed by atoms with Crippen LogP contribution >= 0.6 is 0 Å². The molecule has 3 aromatic rings. The Labute approximate surface area is 211 Å². The van der Waals surface area contributed by atoms with Gasteiger partial charge in [0.1, 0.15) is 36.1 Å². The van der Waals surface area contributed by atoms with Crippen LogP contribution in [0.4, 0.5) is 0 Å². The average Bonchev–Trinajstić information content (AvgIpc) is 3.55. The van der Waals surface area contributed by atoms with Gasteiger partial charge in [-0.15, -0.1) is 0 Å². The zero-order valence-electron chi connectivity index (χ0n) is 20.9. The number of ether oxygens (including phenoxy) is 3. The quantitative estimate of drug-likeness (QED) is 0.482. The summed E-state index contributed by atoms with van der Waals surface area (Å²) in [6.07, 6.45) is 1.72. The molecule has 188 valence electrons. The van der Waals surface area contributed by atoms with Crippen LogP contribution in [0.1, 0.15) is 53.0 Å². The van der Waals surface area contributed by atoms with Crippen molar-refractivity contribution in [2.45, 2.75) is 58.2 Å². The molecule has 6 heteroatoms. The van der Waals surface area contributed by atoms with E-state index >= 15 is 0 Å². The van der Waals surface area contributed by atoms with Crippen molar-refractivity contribution in [2.75, 3.05) is 13.2 Å². The number of aryl methyl sites for hydroxylation is 2. The highest BCUT2D eigenvalue weighted by atomic mass is 16.5. The molecular formula is C30H31O6-. The Hall–Kier alpha value is -3.51. The number of carboxylic acid groups (broad SMARTS) is 1. The van der Waals surface area contributed by atoms with E-state index in [1.807, 2.05) is 36.4 Å². The molecule has 3 aromatic carbocycles. The summed E-state index contributed by atoms with van der Waals surface area (Å²) in [5.74, 6) is 0.972. The lowest BCUT2D eigenvalue weighted by Crippen LogP contribution is -2.29. The van der Waals surface area contributed by atoms with Gasteiger partial charge in [0.05, 0.1) is 6.61 Å². The highest BCUT2D eigenvalue weighted by molar-refractivity contribution is 5.75. The molecule has 2 aliphatic rings. The topological polar surface area (TPSA) is 88.1 Å². The van der Waals surface area contributed by atoms with Crippen molar-refractivity contribution in [2.24, 2.45) is 0 Å². The first kappa shape index (κ1) is 24.2. The second kappa shape index (κ2) is 9.51. The van der Waals surface area contributed by atoms with E-state index in [0.717, 1.165) is 57.7 Å². The van der Waals surface area contributed by atoms with E-state index in [1.165, 1.54) is 5.56 Å².